The molecule has 1 aliphatic heterocycles. The van der Waals surface area contributed by atoms with Crippen LogP contribution in [-0.2, 0) is 4.74 Å². The first-order valence-electron chi connectivity index (χ1n) is 5.29. The molecule has 0 radical (unpaired) electrons. The van der Waals surface area contributed by atoms with Gasteiger partial charge < -0.3 is 4.74 Å². The third-order valence-corrected chi connectivity index (χ3v) is 2.82. The maximum absolute atomic E-state index is 13.4. The number of hydrogen-bond donors (Lipinski definition) is 0. The maximum atomic E-state index is 13.4. The largest absolute Gasteiger partial charge is 0.378 e. The zero-order chi connectivity index (χ0) is 12.6. The van der Waals surface area contributed by atoms with Gasteiger partial charge in [0.2, 0.25) is 0 Å². The molecule has 0 N–H and O–H groups in total. The highest BCUT2D eigenvalue weighted by molar-refractivity contribution is 5.98. The molecule has 1 saturated heterocycles. The van der Waals surface area contributed by atoms with Gasteiger partial charge in [-0.05, 0) is 13.3 Å². The fraction of sp³-hybridized carbons (Fsp3) is 0.417. The average molecular weight is 244 g/mol. The molecule has 1 aromatic carbocycles. The second kappa shape index (κ2) is 4.49. The Morgan fingerprint density at radius 1 is 1.29 bits per heavy atom. The van der Waals surface area contributed by atoms with Crippen LogP contribution in [0, 0.1) is 23.4 Å². The Morgan fingerprint density at radius 3 is 2.35 bits per heavy atom. The lowest BCUT2D eigenvalue weighted by atomic mass is 9.94. The van der Waals surface area contributed by atoms with Crippen LogP contribution in [0.5, 0.6) is 0 Å². The first-order chi connectivity index (χ1) is 7.99. The van der Waals surface area contributed by atoms with Crippen LogP contribution in [0.1, 0.15) is 23.7 Å². The second-order valence-corrected chi connectivity index (χ2v) is 4.19. The minimum Gasteiger partial charge on any atom is -0.378 e. The normalized spacial score (nSPS) is 24.0. The van der Waals surface area contributed by atoms with Crippen LogP contribution >= 0.6 is 0 Å². The molecule has 1 aromatic rings. The molecule has 17 heavy (non-hydrogen) atoms. The van der Waals surface area contributed by atoms with E-state index >= 15 is 0 Å². The summed E-state index contributed by atoms with van der Waals surface area (Å²) in [7, 11) is 0. The van der Waals surface area contributed by atoms with E-state index in [9.17, 15) is 18.0 Å². The quantitative estimate of drug-likeness (QED) is 0.748. The van der Waals surface area contributed by atoms with Gasteiger partial charge in [-0.2, -0.15) is 0 Å². The summed E-state index contributed by atoms with van der Waals surface area (Å²) >= 11 is 0. The molecule has 2 atom stereocenters. The first-order valence-corrected chi connectivity index (χ1v) is 5.29. The van der Waals surface area contributed by atoms with Gasteiger partial charge in [0.15, 0.2) is 5.78 Å². The molecule has 1 heterocycles. The summed E-state index contributed by atoms with van der Waals surface area (Å²) in [5, 5.41) is 0. The van der Waals surface area contributed by atoms with Crippen LogP contribution in [0.2, 0.25) is 0 Å². The van der Waals surface area contributed by atoms with Gasteiger partial charge in [-0.15, -0.1) is 0 Å². The standard InChI is InChI=1S/C12H11F3O2/c1-6-2-7(5-17-6)12(16)11-9(14)3-8(13)4-10(11)15/h3-4,6-7H,2,5H2,1H3. The Hall–Kier alpha value is -1.36. The molecule has 92 valence electrons. The molecule has 1 aliphatic rings. The van der Waals surface area contributed by atoms with Crippen molar-refractivity contribution in [3.63, 3.8) is 0 Å². The minimum atomic E-state index is -1.16. The Labute approximate surface area is 96.4 Å². The lowest BCUT2D eigenvalue weighted by Gasteiger charge is -2.08. The number of benzene rings is 1. The molecule has 2 rings (SSSR count). The van der Waals surface area contributed by atoms with Crippen molar-refractivity contribution in [3.05, 3.63) is 35.1 Å². The summed E-state index contributed by atoms with van der Waals surface area (Å²) in [5.74, 6) is -4.57. The second-order valence-electron chi connectivity index (χ2n) is 4.19. The van der Waals surface area contributed by atoms with Gasteiger partial charge in [-0.1, -0.05) is 0 Å². The van der Waals surface area contributed by atoms with E-state index in [0.29, 0.717) is 18.6 Å². The Morgan fingerprint density at radius 2 is 1.88 bits per heavy atom. The highest BCUT2D eigenvalue weighted by Crippen LogP contribution is 2.26. The van der Waals surface area contributed by atoms with Crippen LogP contribution < -0.4 is 0 Å². The number of carbonyl (C=O) groups is 1. The fourth-order valence-corrected chi connectivity index (χ4v) is 1.98. The average Bonchev–Trinajstić information content (AvgIpc) is 2.63. The van der Waals surface area contributed by atoms with Crippen LogP contribution in [0.15, 0.2) is 12.1 Å². The van der Waals surface area contributed by atoms with Crippen molar-refractivity contribution < 1.29 is 22.7 Å². The van der Waals surface area contributed by atoms with E-state index in [-0.39, 0.29) is 12.7 Å². The van der Waals surface area contributed by atoms with Crippen molar-refractivity contribution in [2.45, 2.75) is 19.4 Å². The molecule has 0 aromatic heterocycles. The smallest absolute Gasteiger partial charge is 0.174 e. The summed E-state index contributed by atoms with van der Waals surface area (Å²) in [6.07, 6.45) is 0.324. The van der Waals surface area contributed by atoms with Crippen LogP contribution in [0.25, 0.3) is 0 Å². The monoisotopic (exact) mass is 244 g/mol. The van der Waals surface area contributed by atoms with Gasteiger partial charge in [0.05, 0.1) is 18.3 Å². The number of ether oxygens (including phenoxy) is 1. The number of halogens is 3. The van der Waals surface area contributed by atoms with E-state index in [4.69, 9.17) is 4.74 Å². The fourth-order valence-electron chi connectivity index (χ4n) is 1.98. The number of carbonyl (C=O) groups excluding carboxylic acids is 1. The predicted molar refractivity (Wildman–Crippen MR) is 54.2 cm³/mol. The van der Waals surface area contributed by atoms with Gasteiger partial charge in [-0.3, -0.25) is 4.79 Å². The van der Waals surface area contributed by atoms with Crippen LogP contribution in [-0.4, -0.2) is 18.5 Å². The van der Waals surface area contributed by atoms with Gasteiger partial charge in [-0.25, -0.2) is 13.2 Å². The van der Waals surface area contributed by atoms with Crippen LogP contribution in [0.4, 0.5) is 13.2 Å². The number of rotatable bonds is 2. The van der Waals surface area contributed by atoms with E-state index in [1.54, 1.807) is 6.92 Å². The van der Waals surface area contributed by atoms with Crippen molar-refractivity contribution in [3.8, 4) is 0 Å². The molecule has 0 bridgehead atoms. The number of ketones is 1. The summed E-state index contributed by atoms with van der Waals surface area (Å²) < 4.78 is 44.6. The van der Waals surface area contributed by atoms with Crippen molar-refractivity contribution >= 4 is 5.78 Å². The van der Waals surface area contributed by atoms with Crippen LogP contribution in [0.3, 0.4) is 0 Å². The van der Waals surface area contributed by atoms with Crippen molar-refractivity contribution in [2.75, 3.05) is 6.61 Å². The van der Waals surface area contributed by atoms with E-state index in [1.165, 1.54) is 0 Å². The minimum absolute atomic E-state index is 0.101. The van der Waals surface area contributed by atoms with Gasteiger partial charge in [0.25, 0.3) is 0 Å². The number of Topliss-reactive ketones (excluding diaryl/α,β-unsaturated/α-hetero) is 1. The van der Waals surface area contributed by atoms with Gasteiger partial charge >= 0.3 is 0 Å². The van der Waals surface area contributed by atoms with Gasteiger partial charge in [0, 0.05) is 18.1 Å². The molecule has 5 heteroatoms. The summed E-state index contributed by atoms with van der Waals surface area (Å²) in [5.41, 5.74) is -0.672. The first kappa shape index (κ1) is 12.1. The Kier molecular flexibility index (Phi) is 3.19. The molecule has 0 spiro atoms. The van der Waals surface area contributed by atoms with E-state index in [2.05, 4.69) is 0 Å². The van der Waals surface area contributed by atoms with E-state index in [1.807, 2.05) is 0 Å². The highest BCUT2D eigenvalue weighted by Gasteiger charge is 2.32. The van der Waals surface area contributed by atoms with E-state index < -0.39 is 34.7 Å². The zero-order valence-electron chi connectivity index (χ0n) is 9.17. The molecule has 2 unspecified atom stereocenters. The highest BCUT2D eigenvalue weighted by atomic mass is 19.1. The molecule has 0 saturated carbocycles. The van der Waals surface area contributed by atoms with Crippen molar-refractivity contribution in [1.29, 1.82) is 0 Å². The van der Waals surface area contributed by atoms with Crippen molar-refractivity contribution in [2.24, 2.45) is 5.92 Å². The SMILES string of the molecule is CC1CC(C(=O)c2c(F)cc(F)cc2F)CO1. The Bertz CT molecular complexity index is 436. The maximum Gasteiger partial charge on any atom is 0.174 e. The number of hydrogen-bond acceptors (Lipinski definition) is 2. The summed E-state index contributed by atoms with van der Waals surface area (Å²) in [6, 6.07) is 1.02. The third kappa shape index (κ3) is 2.34. The predicted octanol–water partition coefficient (Wildman–Crippen LogP) is 2.71. The third-order valence-electron chi connectivity index (χ3n) is 2.82. The topological polar surface area (TPSA) is 26.3 Å². The molecule has 1 fully saturated rings. The molecular weight excluding hydrogens is 233 g/mol. The van der Waals surface area contributed by atoms with E-state index in [0.717, 1.165) is 0 Å². The molecule has 2 nitrogen and oxygen atoms in total. The zero-order valence-corrected chi connectivity index (χ0v) is 9.17. The molecular formula is C12H11F3O2. The van der Waals surface area contributed by atoms with Gasteiger partial charge in [0.1, 0.15) is 17.5 Å². The lowest BCUT2D eigenvalue weighted by molar-refractivity contribution is 0.0869. The summed E-state index contributed by atoms with van der Waals surface area (Å²) in [6.45, 7) is 1.93. The molecule has 0 amide bonds. The summed E-state index contributed by atoms with van der Waals surface area (Å²) in [4.78, 5) is 11.9. The van der Waals surface area contributed by atoms with Crippen molar-refractivity contribution in [1.82, 2.24) is 0 Å². The molecule has 0 aliphatic carbocycles. The Balaban J connectivity index is 2.31. The lowest BCUT2D eigenvalue weighted by Crippen LogP contribution is -2.18.